The summed E-state index contributed by atoms with van der Waals surface area (Å²) >= 11 is 13.6. The molecular weight excluding hydrogens is 365 g/mol. The molecule has 0 spiro atoms. The molecule has 0 saturated heterocycles. The van der Waals surface area contributed by atoms with Gasteiger partial charge in [-0.2, -0.15) is 0 Å². The third-order valence-electron chi connectivity index (χ3n) is 3.46. The summed E-state index contributed by atoms with van der Waals surface area (Å²) in [6, 6.07) is 13.2. The van der Waals surface area contributed by atoms with Gasteiger partial charge in [0.1, 0.15) is 5.01 Å². The number of benzene rings is 2. The summed E-state index contributed by atoms with van der Waals surface area (Å²) in [5.74, 6) is -0.837. The normalized spacial score (nSPS) is 11.8. The van der Waals surface area contributed by atoms with Gasteiger partial charge in [0, 0.05) is 6.42 Å². The Morgan fingerprint density at radius 3 is 2.62 bits per heavy atom. The van der Waals surface area contributed by atoms with Gasteiger partial charge in [0.25, 0.3) is 0 Å². The van der Waals surface area contributed by atoms with Crippen LogP contribution in [-0.4, -0.2) is 16.1 Å². The lowest BCUT2D eigenvalue weighted by molar-refractivity contribution is -0.136. The predicted octanol–water partition coefficient (Wildman–Crippen LogP) is 6.01. The molecule has 122 valence electrons. The number of aromatic nitrogens is 1. The highest BCUT2D eigenvalue weighted by Crippen LogP contribution is 2.32. The van der Waals surface area contributed by atoms with Gasteiger partial charge >= 0.3 is 5.97 Å². The van der Waals surface area contributed by atoms with E-state index in [1.807, 2.05) is 36.4 Å². The van der Waals surface area contributed by atoms with Crippen molar-refractivity contribution >= 4 is 62.4 Å². The first-order chi connectivity index (χ1) is 11.5. The third kappa shape index (κ3) is 3.96. The summed E-state index contributed by atoms with van der Waals surface area (Å²) in [5.41, 5.74) is 2.65. The zero-order valence-corrected chi connectivity index (χ0v) is 14.8. The lowest BCUT2D eigenvalue weighted by atomic mass is 10.1. The Hall–Kier alpha value is -1.88. The van der Waals surface area contributed by atoms with Gasteiger partial charge in [0.15, 0.2) is 0 Å². The van der Waals surface area contributed by atoms with Crippen molar-refractivity contribution in [3.63, 3.8) is 0 Å². The summed E-state index contributed by atoms with van der Waals surface area (Å²) in [4.78, 5) is 15.6. The SMILES string of the molecule is O=C(O)CCC(=Cc1ccc(Cl)c(Cl)c1)c1nc2ccccc2s1. The van der Waals surface area contributed by atoms with E-state index in [4.69, 9.17) is 28.3 Å². The average molecular weight is 378 g/mol. The third-order valence-corrected chi connectivity index (χ3v) is 5.31. The lowest BCUT2D eigenvalue weighted by Crippen LogP contribution is -1.95. The number of aliphatic carboxylic acids is 1. The average Bonchev–Trinajstić information content (AvgIpc) is 2.98. The van der Waals surface area contributed by atoms with Crippen LogP contribution in [-0.2, 0) is 4.79 Å². The Bertz CT molecular complexity index is 901. The van der Waals surface area contributed by atoms with Gasteiger partial charge < -0.3 is 5.11 Å². The van der Waals surface area contributed by atoms with E-state index in [1.54, 1.807) is 23.5 Å². The summed E-state index contributed by atoms with van der Waals surface area (Å²) in [6.45, 7) is 0. The molecule has 3 nitrogen and oxygen atoms in total. The van der Waals surface area contributed by atoms with Crippen molar-refractivity contribution in [2.45, 2.75) is 12.8 Å². The van der Waals surface area contributed by atoms with Crippen molar-refractivity contribution in [2.75, 3.05) is 0 Å². The van der Waals surface area contributed by atoms with Crippen LogP contribution < -0.4 is 0 Å². The molecule has 3 rings (SSSR count). The van der Waals surface area contributed by atoms with Crippen molar-refractivity contribution in [3.8, 4) is 0 Å². The number of carboxylic acid groups (broad SMARTS) is 1. The predicted molar refractivity (Wildman–Crippen MR) is 101 cm³/mol. The van der Waals surface area contributed by atoms with Gasteiger partial charge in [-0.3, -0.25) is 4.79 Å². The quantitative estimate of drug-likeness (QED) is 0.592. The maximum absolute atomic E-state index is 11.0. The Morgan fingerprint density at radius 1 is 1.12 bits per heavy atom. The van der Waals surface area contributed by atoms with Crippen molar-refractivity contribution < 1.29 is 9.90 Å². The van der Waals surface area contributed by atoms with Crippen LogP contribution in [0.25, 0.3) is 21.9 Å². The molecule has 0 aliphatic heterocycles. The van der Waals surface area contributed by atoms with Crippen LogP contribution in [0.5, 0.6) is 0 Å². The molecule has 0 atom stereocenters. The van der Waals surface area contributed by atoms with E-state index in [0.29, 0.717) is 16.5 Å². The minimum Gasteiger partial charge on any atom is -0.481 e. The fraction of sp³-hybridized carbons (Fsp3) is 0.111. The second kappa shape index (κ2) is 7.34. The van der Waals surface area contributed by atoms with Crippen molar-refractivity contribution in [2.24, 2.45) is 0 Å². The van der Waals surface area contributed by atoms with Gasteiger partial charge in [-0.1, -0.05) is 41.4 Å². The molecule has 6 heteroatoms. The number of para-hydroxylation sites is 1. The molecule has 0 aliphatic carbocycles. The molecule has 0 radical (unpaired) electrons. The van der Waals surface area contributed by atoms with Gasteiger partial charge in [-0.25, -0.2) is 4.98 Å². The van der Waals surface area contributed by atoms with Crippen LogP contribution in [0.4, 0.5) is 0 Å². The van der Waals surface area contributed by atoms with Crippen molar-refractivity contribution in [3.05, 3.63) is 63.1 Å². The highest BCUT2D eigenvalue weighted by molar-refractivity contribution is 7.19. The van der Waals surface area contributed by atoms with E-state index in [1.165, 1.54) is 0 Å². The molecule has 3 aromatic rings. The molecule has 0 unspecified atom stereocenters. The summed E-state index contributed by atoms with van der Waals surface area (Å²) in [6.07, 6.45) is 2.36. The standard InChI is InChI=1S/C18H13Cl2NO2S/c19-13-7-5-11(10-14(13)20)9-12(6-8-17(22)23)18-21-15-3-1-2-4-16(15)24-18/h1-5,7,9-10H,6,8H2,(H,22,23). The number of carbonyl (C=O) groups is 1. The fourth-order valence-electron chi connectivity index (χ4n) is 2.30. The molecule has 0 saturated carbocycles. The van der Waals surface area contributed by atoms with Crippen LogP contribution in [0, 0.1) is 0 Å². The Balaban J connectivity index is 2.02. The number of rotatable bonds is 5. The first kappa shape index (κ1) is 17.0. The topological polar surface area (TPSA) is 50.2 Å². The highest BCUT2D eigenvalue weighted by Gasteiger charge is 2.11. The molecule has 24 heavy (non-hydrogen) atoms. The number of thiazole rings is 1. The van der Waals surface area contributed by atoms with E-state index < -0.39 is 5.97 Å². The van der Waals surface area contributed by atoms with E-state index in [-0.39, 0.29) is 6.42 Å². The maximum Gasteiger partial charge on any atom is 0.303 e. The minimum atomic E-state index is -0.837. The Labute approximate surface area is 153 Å². The first-order valence-corrected chi connectivity index (χ1v) is 8.83. The molecule has 0 bridgehead atoms. The number of hydrogen-bond donors (Lipinski definition) is 1. The molecule has 1 heterocycles. The number of allylic oxidation sites excluding steroid dienone is 1. The van der Waals surface area contributed by atoms with Crippen LogP contribution in [0.3, 0.4) is 0 Å². The lowest BCUT2D eigenvalue weighted by Gasteiger charge is -2.04. The Morgan fingerprint density at radius 2 is 1.92 bits per heavy atom. The monoisotopic (exact) mass is 377 g/mol. The zero-order chi connectivity index (χ0) is 17.1. The van der Waals surface area contributed by atoms with Crippen molar-refractivity contribution in [1.82, 2.24) is 4.98 Å². The number of halogens is 2. The van der Waals surface area contributed by atoms with Crippen LogP contribution in [0.15, 0.2) is 42.5 Å². The molecule has 1 N–H and O–H groups in total. The minimum absolute atomic E-state index is 0.0447. The van der Waals surface area contributed by atoms with Crippen LogP contribution in [0.1, 0.15) is 23.4 Å². The van der Waals surface area contributed by atoms with Gasteiger partial charge in [0.05, 0.1) is 20.3 Å². The summed E-state index contributed by atoms with van der Waals surface area (Å²) in [5, 5.41) is 10.8. The van der Waals surface area contributed by atoms with Gasteiger partial charge in [-0.05, 0) is 47.9 Å². The second-order valence-electron chi connectivity index (χ2n) is 5.22. The zero-order valence-electron chi connectivity index (χ0n) is 12.5. The van der Waals surface area contributed by atoms with Gasteiger partial charge in [0.2, 0.25) is 0 Å². The summed E-state index contributed by atoms with van der Waals surface area (Å²) < 4.78 is 1.07. The molecule has 0 fully saturated rings. The molecule has 2 aromatic carbocycles. The molecule has 0 amide bonds. The molecule has 0 aliphatic rings. The number of nitrogens with zero attached hydrogens (tertiary/aromatic N) is 1. The number of fused-ring (bicyclic) bond motifs is 1. The smallest absolute Gasteiger partial charge is 0.303 e. The van der Waals surface area contributed by atoms with Crippen molar-refractivity contribution in [1.29, 1.82) is 0 Å². The number of carboxylic acids is 1. The fourth-order valence-corrected chi connectivity index (χ4v) is 3.61. The van der Waals surface area contributed by atoms with Crippen LogP contribution in [0.2, 0.25) is 10.0 Å². The van der Waals surface area contributed by atoms with E-state index in [0.717, 1.165) is 26.4 Å². The van der Waals surface area contributed by atoms with Crippen LogP contribution >= 0.6 is 34.5 Å². The molecule has 1 aromatic heterocycles. The first-order valence-electron chi connectivity index (χ1n) is 7.26. The molecular formula is C18H13Cl2NO2S. The number of hydrogen-bond acceptors (Lipinski definition) is 3. The van der Waals surface area contributed by atoms with E-state index in [2.05, 4.69) is 4.98 Å². The highest BCUT2D eigenvalue weighted by atomic mass is 35.5. The van der Waals surface area contributed by atoms with Gasteiger partial charge in [-0.15, -0.1) is 11.3 Å². The summed E-state index contributed by atoms with van der Waals surface area (Å²) in [7, 11) is 0. The Kier molecular flexibility index (Phi) is 5.19. The largest absolute Gasteiger partial charge is 0.481 e. The van der Waals surface area contributed by atoms with E-state index >= 15 is 0 Å². The second-order valence-corrected chi connectivity index (χ2v) is 7.07. The van der Waals surface area contributed by atoms with E-state index in [9.17, 15) is 4.79 Å². The maximum atomic E-state index is 11.0.